The molecule has 1 fully saturated rings. The molecule has 1 aromatic carbocycles. The summed E-state index contributed by atoms with van der Waals surface area (Å²) in [6.45, 7) is 6.47. The Morgan fingerprint density at radius 2 is 2.20 bits per heavy atom. The molecule has 0 saturated carbocycles. The molecule has 134 valence electrons. The van der Waals surface area contributed by atoms with Crippen LogP contribution >= 0.6 is 0 Å². The summed E-state index contributed by atoms with van der Waals surface area (Å²) < 4.78 is 5.29. The highest BCUT2D eigenvalue weighted by atomic mass is 16.5. The minimum Gasteiger partial charge on any atom is -0.337 e. The second-order valence-electron chi connectivity index (χ2n) is 7.14. The number of hydrogen-bond donors (Lipinski definition) is 1. The SMILES string of the molecule is CC(C)Cc1noc(CN(C)C(=O)c2ccccc2C2CCNC2)n1. The third-order valence-electron chi connectivity index (χ3n) is 4.51. The topological polar surface area (TPSA) is 71.3 Å². The second kappa shape index (κ2) is 7.78. The zero-order chi connectivity index (χ0) is 17.8. The van der Waals surface area contributed by atoms with Crippen molar-refractivity contribution in [1.29, 1.82) is 0 Å². The van der Waals surface area contributed by atoms with Gasteiger partial charge in [-0.25, -0.2) is 0 Å². The predicted octanol–water partition coefficient (Wildman–Crippen LogP) is 2.62. The van der Waals surface area contributed by atoms with E-state index >= 15 is 0 Å². The van der Waals surface area contributed by atoms with Crippen LogP contribution in [-0.4, -0.2) is 41.1 Å². The van der Waals surface area contributed by atoms with E-state index in [1.165, 1.54) is 0 Å². The molecule has 2 aromatic rings. The predicted molar refractivity (Wildman–Crippen MR) is 95.3 cm³/mol. The van der Waals surface area contributed by atoms with Crippen molar-refractivity contribution in [3.05, 3.63) is 47.1 Å². The number of carbonyl (C=O) groups is 1. The van der Waals surface area contributed by atoms with Crippen LogP contribution in [0.15, 0.2) is 28.8 Å². The van der Waals surface area contributed by atoms with Crippen molar-refractivity contribution in [1.82, 2.24) is 20.4 Å². The molecule has 1 unspecified atom stereocenters. The van der Waals surface area contributed by atoms with Gasteiger partial charge in [0, 0.05) is 25.6 Å². The van der Waals surface area contributed by atoms with E-state index < -0.39 is 0 Å². The van der Waals surface area contributed by atoms with Crippen LogP contribution in [0.5, 0.6) is 0 Å². The first-order chi connectivity index (χ1) is 12.0. The zero-order valence-electron chi connectivity index (χ0n) is 15.2. The smallest absolute Gasteiger partial charge is 0.254 e. The average Bonchev–Trinajstić information content (AvgIpc) is 3.26. The van der Waals surface area contributed by atoms with Gasteiger partial charge in [-0.1, -0.05) is 37.2 Å². The van der Waals surface area contributed by atoms with Crippen molar-refractivity contribution in [3.63, 3.8) is 0 Å². The Morgan fingerprint density at radius 1 is 1.40 bits per heavy atom. The lowest BCUT2D eigenvalue weighted by Gasteiger charge is -2.19. The third kappa shape index (κ3) is 4.25. The first kappa shape index (κ1) is 17.6. The molecule has 25 heavy (non-hydrogen) atoms. The largest absolute Gasteiger partial charge is 0.337 e. The maximum Gasteiger partial charge on any atom is 0.254 e. The molecule has 6 heteroatoms. The van der Waals surface area contributed by atoms with Gasteiger partial charge in [-0.15, -0.1) is 0 Å². The summed E-state index contributed by atoms with van der Waals surface area (Å²) in [5.41, 5.74) is 1.89. The lowest BCUT2D eigenvalue weighted by Crippen LogP contribution is -2.28. The molecule has 0 spiro atoms. The van der Waals surface area contributed by atoms with Gasteiger partial charge in [0.15, 0.2) is 5.82 Å². The highest BCUT2D eigenvalue weighted by molar-refractivity contribution is 5.95. The van der Waals surface area contributed by atoms with Gasteiger partial charge in [-0.2, -0.15) is 4.98 Å². The number of hydrogen-bond acceptors (Lipinski definition) is 5. The van der Waals surface area contributed by atoms with Crippen molar-refractivity contribution in [2.45, 2.75) is 39.2 Å². The summed E-state index contributed by atoms with van der Waals surface area (Å²) in [6, 6.07) is 7.89. The van der Waals surface area contributed by atoms with Crippen LogP contribution in [0.4, 0.5) is 0 Å². The fraction of sp³-hybridized carbons (Fsp3) is 0.526. The first-order valence-corrected chi connectivity index (χ1v) is 8.91. The van der Waals surface area contributed by atoms with Crippen LogP contribution in [-0.2, 0) is 13.0 Å². The monoisotopic (exact) mass is 342 g/mol. The molecular formula is C19H26N4O2. The third-order valence-corrected chi connectivity index (χ3v) is 4.51. The van der Waals surface area contributed by atoms with Gasteiger partial charge in [0.25, 0.3) is 5.91 Å². The second-order valence-corrected chi connectivity index (χ2v) is 7.14. The van der Waals surface area contributed by atoms with Crippen molar-refractivity contribution < 1.29 is 9.32 Å². The molecule has 3 rings (SSSR count). The van der Waals surface area contributed by atoms with E-state index in [2.05, 4.69) is 35.4 Å². The Bertz CT molecular complexity index is 720. The molecule has 1 aromatic heterocycles. The van der Waals surface area contributed by atoms with E-state index in [9.17, 15) is 4.79 Å². The molecule has 6 nitrogen and oxygen atoms in total. The normalized spacial score (nSPS) is 17.2. The highest BCUT2D eigenvalue weighted by Crippen LogP contribution is 2.26. The fourth-order valence-corrected chi connectivity index (χ4v) is 3.25. The van der Waals surface area contributed by atoms with E-state index in [0.717, 1.165) is 37.1 Å². The molecule has 1 aliphatic heterocycles. The number of aromatic nitrogens is 2. The van der Waals surface area contributed by atoms with Gasteiger partial charge in [0.1, 0.15) is 0 Å². The van der Waals surface area contributed by atoms with Crippen molar-refractivity contribution in [2.75, 3.05) is 20.1 Å². The maximum atomic E-state index is 12.9. The molecular weight excluding hydrogens is 316 g/mol. The lowest BCUT2D eigenvalue weighted by atomic mass is 9.93. The van der Waals surface area contributed by atoms with Gasteiger partial charge in [0.05, 0.1) is 6.54 Å². The molecule has 1 N–H and O–H groups in total. The van der Waals surface area contributed by atoms with Crippen LogP contribution in [0.1, 0.15) is 53.8 Å². The van der Waals surface area contributed by atoms with Crippen molar-refractivity contribution in [3.8, 4) is 0 Å². The van der Waals surface area contributed by atoms with E-state index in [-0.39, 0.29) is 5.91 Å². The zero-order valence-corrected chi connectivity index (χ0v) is 15.2. The average molecular weight is 342 g/mol. The minimum absolute atomic E-state index is 0.00823. The molecule has 0 aliphatic carbocycles. The summed E-state index contributed by atoms with van der Waals surface area (Å²) in [5, 5.41) is 7.36. The number of rotatable bonds is 6. The molecule has 0 radical (unpaired) electrons. The van der Waals surface area contributed by atoms with Crippen molar-refractivity contribution >= 4 is 5.91 Å². The molecule has 1 aliphatic rings. The Morgan fingerprint density at radius 3 is 2.92 bits per heavy atom. The fourth-order valence-electron chi connectivity index (χ4n) is 3.25. The summed E-state index contributed by atoms with van der Waals surface area (Å²) in [4.78, 5) is 19.0. The number of benzene rings is 1. The summed E-state index contributed by atoms with van der Waals surface area (Å²) in [5.74, 6) is 2.03. The standard InChI is InChI=1S/C19H26N4O2/c1-13(2)10-17-21-18(25-22-17)12-23(3)19(24)16-7-5-4-6-15(16)14-8-9-20-11-14/h4-7,13-14,20H,8-12H2,1-3H3. The van der Waals surface area contributed by atoms with Gasteiger partial charge in [0.2, 0.25) is 5.89 Å². The Kier molecular flexibility index (Phi) is 5.48. The molecule has 1 saturated heterocycles. The van der Waals surface area contributed by atoms with E-state index in [0.29, 0.717) is 30.1 Å². The van der Waals surface area contributed by atoms with Crippen LogP contribution in [0, 0.1) is 5.92 Å². The van der Waals surface area contributed by atoms with Crippen LogP contribution in [0.2, 0.25) is 0 Å². The van der Waals surface area contributed by atoms with E-state index in [1.807, 2.05) is 18.2 Å². The van der Waals surface area contributed by atoms with Gasteiger partial charge in [-0.3, -0.25) is 4.79 Å². The van der Waals surface area contributed by atoms with E-state index in [1.54, 1.807) is 11.9 Å². The van der Waals surface area contributed by atoms with Gasteiger partial charge < -0.3 is 14.7 Å². The first-order valence-electron chi connectivity index (χ1n) is 8.91. The van der Waals surface area contributed by atoms with E-state index in [4.69, 9.17) is 4.52 Å². The van der Waals surface area contributed by atoms with Crippen molar-refractivity contribution in [2.24, 2.45) is 5.92 Å². The molecule has 1 atom stereocenters. The van der Waals surface area contributed by atoms with Crippen LogP contribution in [0.25, 0.3) is 0 Å². The quantitative estimate of drug-likeness (QED) is 0.874. The van der Waals surface area contributed by atoms with Gasteiger partial charge >= 0.3 is 0 Å². The summed E-state index contributed by atoms with van der Waals surface area (Å²) >= 11 is 0. The minimum atomic E-state index is -0.00823. The molecule has 0 bridgehead atoms. The number of amides is 1. The number of nitrogens with one attached hydrogen (secondary N) is 1. The molecule has 1 amide bonds. The Balaban J connectivity index is 1.71. The summed E-state index contributed by atoms with van der Waals surface area (Å²) in [7, 11) is 1.78. The van der Waals surface area contributed by atoms with Crippen LogP contribution in [0.3, 0.4) is 0 Å². The van der Waals surface area contributed by atoms with Gasteiger partial charge in [-0.05, 0) is 36.4 Å². The molecule has 2 heterocycles. The lowest BCUT2D eigenvalue weighted by molar-refractivity contribution is 0.0768. The Hall–Kier alpha value is -2.21. The maximum absolute atomic E-state index is 12.9. The number of nitrogens with zero attached hydrogens (tertiary/aromatic N) is 3. The highest BCUT2D eigenvalue weighted by Gasteiger charge is 2.24. The number of carbonyl (C=O) groups excluding carboxylic acids is 1. The summed E-state index contributed by atoms with van der Waals surface area (Å²) in [6.07, 6.45) is 1.84. The van der Waals surface area contributed by atoms with Crippen LogP contribution < -0.4 is 5.32 Å². The Labute approximate surface area is 148 Å².